The lowest BCUT2D eigenvalue weighted by molar-refractivity contribution is -0.137. The van der Waals surface area contributed by atoms with Crippen molar-refractivity contribution in [1.82, 2.24) is 15.3 Å². The summed E-state index contributed by atoms with van der Waals surface area (Å²) in [6.45, 7) is 0.574. The van der Waals surface area contributed by atoms with E-state index in [4.69, 9.17) is 9.47 Å². The van der Waals surface area contributed by atoms with Crippen molar-refractivity contribution in [2.24, 2.45) is 0 Å². The first-order valence-electron chi connectivity index (χ1n) is 10.2. The smallest absolute Gasteiger partial charge is 0.371 e. The van der Waals surface area contributed by atoms with Crippen LogP contribution in [-0.4, -0.2) is 53.4 Å². The molecule has 11 heteroatoms. The Bertz CT molecular complexity index is 1120. The molecule has 2 saturated heterocycles. The van der Waals surface area contributed by atoms with Gasteiger partial charge in [0.2, 0.25) is 5.95 Å². The first-order valence-corrected chi connectivity index (χ1v) is 11.1. The van der Waals surface area contributed by atoms with E-state index < -0.39 is 23.7 Å². The van der Waals surface area contributed by atoms with Crippen LogP contribution >= 0.6 is 11.3 Å². The largest absolute Gasteiger partial charge is 0.416 e. The van der Waals surface area contributed by atoms with Gasteiger partial charge in [0.1, 0.15) is 12.2 Å². The summed E-state index contributed by atoms with van der Waals surface area (Å²) in [7, 11) is 0. The number of rotatable bonds is 5. The standard InChI is InChI=1S/C22H19F3N4O3S/c23-22(24,25)13-5-3-12(4-6-13)20(30)27-15-10-31-19-16(11-32-18(15)19)29-21-26-8-7-14(28-21)17-2-1-9-33-17/h1-9,15-16,18-19H,10-11H2,(H,27,30)(H,26,28,29). The summed E-state index contributed by atoms with van der Waals surface area (Å²) in [4.78, 5) is 22.4. The maximum absolute atomic E-state index is 12.7. The van der Waals surface area contributed by atoms with Crippen LogP contribution in [0.2, 0.25) is 0 Å². The Kier molecular flexibility index (Phi) is 5.77. The number of carbonyl (C=O) groups is 1. The highest BCUT2D eigenvalue weighted by molar-refractivity contribution is 7.13. The lowest BCUT2D eigenvalue weighted by atomic mass is 10.1. The number of thiophene rings is 1. The summed E-state index contributed by atoms with van der Waals surface area (Å²) in [6.07, 6.45) is -3.48. The topological polar surface area (TPSA) is 85.4 Å². The molecule has 5 rings (SSSR count). The average molecular weight is 476 g/mol. The van der Waals surface area contributed by atoms with Gasteiger partial charge in [0.05, 0.1) is 41.4 Å². The zero-order valence-electron chi connectivity index (χ0n) is 17.1. The van der Waals surface area contributed by atoms with E-state index in [-0.39, 0.29) is 30.4 Å². The number of amides is 1. The van der Waals surface area contributed by atoms with E-state index in [9.17, 15) is 18.0 Å². The predicted octanol–water partition coefficient (Wildman–Crippen LogP) is 3.60. The molecular weight excluding hydrogens is 457 g/mol. The minimum absolute atomic E-state index is 0.137. The normalized spacial score (nSPS) is 24.5. The van der Waals surface area contributed by atoms with E-state index in [1.54, 1.807) is 17.5 Å². The maximum atomic E-state index is 12.7. The van der Waals surface area contributed by atoms with Crippen LogP contribution in [-0.2, 0) is 15.7 Å². The van der Waals surface area contributed by atoms with Crippen LogP contribution in [0.5, 0.6) is 0 Å². The molecule has 2 aliphatic heterocycles. The summed E-state index contributed by atoms with van der Waals surface area (Å²) in [5.41, 5.74) is 0.145. The summed E-state index contributed by atoms with van der Waals surface area (Å²) >= 11 is 1.59. The highest BCUT2D eigenvalue weighted by atomic mass is 32.1. The number of hydrogen-bond donors (Lipinski definition) is 2. The first-order chi connectivity index (χ1) is 15.9. The van der Waals surface area contributed by atoms with E-state index in [1.807, 2.05) is 23.6 Å². The van der Waals surface area contributed by atoms with Crippen molar-refractivity contribution in [2.75, 3.05) is 18.5 Å². The number of alkyl halides is 3. The SMILES string of the molecule is O=C(NC1COC2C(Nc3nccc(-c4cccs4)n3)COC12)c1ccc(C(F)(F)F)cc1. The van der Waals surface area contributed by atoms with E-state index >= 15 is 0 Å². The Labute approximate surface area is 191 Å². The number of nitrogens with one attached hydrogen (secondary N) is 2. The van der Waals surface area contributed by atoms with Crippen LogP contribution in [0.3, 0.4) is 0 Å². The molecule has 4 heterocycles. The lowest BCUT2D eigenvalue weighted by Gasteiger charge is -2.18. The fourth-order valence-electron chi connectivity index (χ4n) is 3.96. The Morgan fingerprint density at radius 1 is 1.03 bits per heavy atom. The van der Waals surface area contributed by atoms with Crippen LogP contribution < -0.4 is 10.6 Å². The van der Waals surface area contributed by atoms with Crippen molar-refractivity contribution in [1.29, 1.82) is 0 Å². The Hall–Kier alpha value is -3.02. The van der Waals surface area contributed by atoms with Gasteiger partial charge in [-0.15, -0.1) is 11.3 Å². The molecule has 0 saturated carbocycles. The lowest BCUT2D eigenvalue weighted by Crippen LogP contribution is -2.44. The molecule has 1 amide bonds. The number of nitrogens with zero attached hydrogens (tertiary/aromatic N) is 2. The minimum atomic E-state index is -4.45. The van der Waals surface area contributed by atoms with Crippen molar-refractivity contribution in [3.05, 3.63) is 65.2 Å². The monoisotopic (exact) mass is 476 g/mol. The van der Waals surface area contributed by atoms with Gasteiger partial charge in [0.15, 0.2) is 0 Å². The molecule has 0 bridgehead atoms. The Balaban J connectivity index is 1.21. The van der Waals surface area contributed by atoms with E-state index in [1.165, 1.54) is 0 Å². The molecule has 1 aromatic carbocycles. The van der Waals surface area contributed by atoms with Crippen LogP contribution in [0.25, 0.3) is 10.6 Å². The fraction of sp³-hybridized carbons (Fsp3) is 0.318. The van der Waals surface area contributed by atoms with Gasteiger partial charge >= 0.3 is 6.18 Å². The van der Waals surface area contributed by atoms with Crippen molar-refractivity contribution in [3.8, 4) is 10.6 Å². The number of fused-ring (bicyclic) bond motifs is 1. The van der Waals surface area contributed by atoms with Gasteiger partial charge in [-0.05, 0) is 41.8 Å². The highest BCUT2D eigenvalue weighted by Gasteiger charge is 2.48. The number of ether oxygens (including phenoxy) is 2. The molecule has 4 unspecified atom stereocenters. The predicted molar refractivity (Wildman–Crippen MR) is 115 cm³/mol. The van der Waals surface area contributed by atoms with Crippen LogP contribution in [0, 0.1) is 0 Å². The van der Waals surface area contributed by atoms with Gasteiger partial charge < -0.3 is 20.1 Å². The number of aromatic nitrogens is 2. The third kappa shape index (κ3) is 4.56. The number of halogens is 3. The number of carbonyl (C=O) groups excluding carboxylic acids is 1. The van der Waals surface area contributed by atoms with Crippen LogP contribution in [0.4, 0.5) is 19.1 Å². The second-order valence-electron chi connectivity index (χ2n) is 7.74. The molecule has 4 atom stereocenters. The second kappa shape index (κ2) is 8.73. The van der Waals surface area contributed by atoms with Gasteiger partial charge in [0, 0.05) is 11.8 Å². The van der Waals surface area contributed by atoms with Gasteiger partial charge in [-0.2, -0.15) is 13.2 Å². The number of hydrogen-bond acceptors (Lipinski definition) is 7. The van der Waals surface area contributed by atoms with Crippen molar-refractivity contribution in [3.63, 3.8) is 0 Å². The van der Waals surface area contributed by atoms with Crippen molar-refractivity contribution in [2.45, 2.75) is 30.5 Å². The maximum Gasteiger partial charge on any atom is 0.416 e. The molecule has 0 aliphatic carbocycles. The van der Waals surface area contributed by atoms with Crippen molar-refractivity contribution < 1.29 is 27.4 Å². The molecular formula is C22H19F3N4O3S. The molecule has 2 fully saturated rings. The summed E-state index contributed by atoms with van der Waals surface area (Å²) in [5.74, 6) is -0.0269. The van der Waals surface area contributed by atoms with E-state index in [0.717, 1.165) is 34.8 Å². The quantitative estimate of drug-likeness (QED) is 0.586. The van der Waals surface area contributed by atoms with E-state index in [2.05, 4.69) is 20.6 Å². The zero-order valence-corrected chi connectivity index (χ0v) is 17.9. The summed E-state index contributed by atoms with van der Waals surface area (Å²) < 4.78 is 49.9. The summed E-state index contributed by atoms with van der Waals surface area (Å²) in [6, 6.07) is 9.23. The molecule has 2 aliphatic rings. The third-order valence-electron chi connectivity index (χ3n) is 5.59. The molecule has 2 N–H and O–H groups in total. The van der Waals surface area contributed by atoms with Gasteiger partial charge in [0.25, 0.3) is 5.91 Å². The highest BCUT2D eigenvalue weighted by Crippen LogP contribution is 2.31. The van der Waals surface area contributed by atoms with Crippen molar-refractivity contribution >= 4 is 23.2 Å². The minimum Gasteiger partial charge on any atom is -0.371 e. The molecule has 7 nitrogen and oxygen atoms in total. The van der Waals surface area contributed by atoms with Gasteiger partial charge in [-0.25, -0.2) is 9.97 Å². The zero-order chi connectivity index (χ0) is 23.0. The van der Waals surface area contributed by atoms with Crippen LogP contribution in [0.15, 0.2) is 54.0 Å². The molecule has 2 aromatic heterocycles. The molecule has 0 spiro atoms. The third-order valence-corrected chi connectivity index (χ3v) is 6.48. The molecule has 0 radical (unpaired) electrons. The Morgan fingerprint density at radius 2 is 1.76 bits per heavy atom. The molecule has 3 aromatic rings. The average Bonchev–Trinajstić information content (AvgIpc) is 3.54. The number of anilines is 1. The first kappa shape index (κ1) is 21.8. The van der Waals surface area contributed by atoms with Crippen LogP contribution in [0.1, 0.15) is 15.9 Å². The van der Waals surface area contributed by atoms with Gasteiger partial charge in [-0.3, -0.25) is 4.79 Å². The fourth-order valence-corrected chi connectivity index (χ4v) is 4.66. The second-order valence-corrected chi connectivity index (χ2v) is 8.69. The summed E-state index contributed by atoms with van der Waals surface area (Å²) in [5, 5.41) is 8.04. The number of benzene rings is 1. The Morgan fingerprint density at radius 3 is 2.45 bits per heavy atom. The molecule has 172 valence electrons. The van der Waals surface area contributed by atoms with Gasteiger partial charge in [-0.1, -0.05) is 6.07 Å². The molecule has 33 heavy (non-hydrogen) atoms. The van der Waals surface area contributed by atoms with E-state index in [0.29, 0.717) is 12.6 Å².